The second-order valence-electron chi connectivity index (χ2n) is 6.13. The van der Waals surface area contributed by atoms with Gasteiger partial charge in [-0.25, -0.2) is 4.79 Å². The number of esters is 1. The van der Waals surface area contributed by atoms with Crippen LogP contribution in [-0.2, 0) is 23.8 Å². The van der Waals surface area contributed by atoms with Gasteiger partial charge in [-0.15, -0.1) is 0 Å². The first-order valence-electron chi connectivity index (χ1n) is 7.95. The van der Waals surface area contributed by atoms with Crippen molar-refractivity contribution in [2.45, 2.75) is 52.2 Å². The van der Waals surface area contributed by atoms with E-state index in [0.29, 0.717) is 25.0 Å². The lowest BCUT2D eigenvalue weighted by molar-refractivity contribution is -0.155. The van der Waals surface area contributed by atoms with Crippen LogP contribution in [0.25, 0.3) is 0 Å². The summed E-state index contributed by atoms with van der Waals surface area (Å²) in [5.41, 5.74) is 0. The fourth-order valence-electron chi connectivity index (χ4n) is 2.83. The smallest absolute Gasteiger partial charge is 0.377 e. The van der Waals surface area contributed by atoms with Crippen molar-refractivity contribution < 1.29 is 23.8 Å². The Kier molecular flexibility index (Phi) is 5.69. The maximum atomic E-state index is 12.2. The van der Waals surface area contributed by atoms with Crippen LogP contribution in [0.5, 0.6) is 0 Å². The van der Waals surface area contributed by atoms with Crippen molar-refractivity contribution in [1.29, 1.82) is 0 Å². The molecule has 0 bridgehead atoms. The van der Waals surface area contributed by atoms with Crippen LogP contribution in [0, 0.1) is 11.8 Å². The Morgan fingerprint density at radius 2 is 2.09 bits per heavy atom. The number of ether oxygens (including phenoxy) is 3. The molecule has 0 aromatic heterocycles. The van der Waals surface area contributed by atoms with E-state index < -0.39 is 12.1 Å². The van der Waals surface area contributed by atoms with Crippen molar-refractivity contribution in [2.24, 2.45) is 11.8 Å². The van der Waals surface area contributed by atoms with Gasteiger partial charge in [0.05, 0.1) is 0 Å². The lowest BCUT2D eigenvalue weighted by atomic mass is 9.78. The third-order valence-electron chi connectivity index (χ3n) is 4.54. The molecular weight excluding hydrogens is 286 g/mol. The molecule has 0 saturated heterocycles. The van der Waals surface area contributed by atoms with Gasteiger partial charge in [-0.2, -0.15) is 0 Å². The molecule has 1 fully saturated rings. The molecule has 6 heteroatoms. The summed E-state index contributed by atoms with van der Waals surface area (Å²) in [6, 6.07) is 0.144. The van der Waals surface area contributed by atoms with Crippen LogP contribution in [0.4, 0.5) is 0 Å². The summed E-state index contributed by atoms with van der Waals surface area (Å²) in [5, 5.41) is 3.00. The topological polar surface area (TPSA) is 73.9 Å². The Hall–Kier alpha value is -1.72. The Bertz CT molecular complexity index is 448. The summed E-state index contributed by atoms with van der Waals surface area (Å²) >= 11 is 0. The summed E-state index contributed by atoms with van der Waals surface area (Å²) in [6.45, 7) is 6.64. The molecule has 4 atom stereocenters. The molecule has 2 rings (SSSR count). The van der Waals surface area contributed by atoms with Crippen molar-refractivity contribution >= 4 is 11.9 Å². The molecule has 1 saturated carbocycles. The Labute approximate surface area is 131 Å². The van der Waals surface area contributed by atoms with Gasteiger partial charge in [0.1, 0.15) is 19.5 Å². The van der Waals surface area contributed by atoms with Gasteiger partial charge in [-0.3, -0.25) is 4.79 Å². The Morgan fingerprint density at radius 1 is 1.32 bits per heavy atom. The van der Waals surface area contributed by atoms with Crippen molar-refractivity contribution in [2.75, 3.05) is 13.2 Å². The molecule has 6 nitrogen and oxygen atoms in total. The molecular formula is C16H25NO5. The molecule has 1 N–H and O–H groups in total. The van der Waals surface area contributed by atoms with Gasteiger partial charge in [0.25, 0.3) is 5.91 Å². The Morgan fingerprint density at radius 3 is 2.77 bits per heavy atom. The van der Waals surface area contributed by atoms with Crippen LogP contribution in [0.15, 0.2) is 12.0 Å². The largest absolute Gasteiger partial charge is 0.493 e. The highest BCUT2D eigenvalue weighted by Crippen LogP contribution is 2.29. The minimum Gasteiger partial charge on any atom is -0.493 e. The van der Waals surface area contributed by atoms with E-state index in [1.165, 1.54) is 12.7 Å². The van der Waals surface area contributed by atoms with Crippen LogP contribution in [0.1, 0.15) is 40.0 Å². The molecule has 22 heavy (non-hydrogen) atoms. The maximum Gasteiger partial charge on any atom is 0.377 e. The highest BCUT2D eigenvalue weighted by molar-refractivity contribution is 5.89. The molecule has 0 radical (unpaired) electrons. The molecule has 124 valence electrons. The van der Waals surface area contributed by atoms with E-state index in [2.05, 4.69) is 19.2 Å². The SMILES string of the molecule is C[C@@H]1[C@@H](C)CCC[C@H]1NC(=O)[C@@H](C)OC(=O)C1=COCCO1. The van der Waals surface area contributed by atoms with Gasteiger partial charge in [-0.1, -0.05) is 26.7 Å². The van der Waals surface area contributed by atoms with Gasteiger partial charge in [0.15, 0.2) is 6.10 Å². The number of rotatable bonds is 4. The number of hydrogen-bond acceptors (Lipinski definition) is 5. The molecule has 0 aromatic carbocycles. The van der Waals surface area contributed by atoms with Crippen molar-refractivity contribution in [3.63, 3.8) is 0 Å². The van der Waals surface area contributed by atoms with Gasteiger partial charge in [0, 0.05) is 6.04 Å². The van der Waals surface area contributed by atoms with Crippen LogP contribution in [0.2, 0.25) is 0 Å². The summed E-state index contributed by atoms with van der Waals surface area (Å²) in [7, 11) is 0. The highest BCUT2D eigenvalue weighted by Gasteiger charge is 2.30. The van der Waals surface area contributed by atoms with Crippen LogP contribution in [-0.4, -0.2) is 37.2 Å². The zero-order valence-electron chi connectivity index (χ0n) is 13.5. The van der Waals surface area contributed by atoms with Crippen LogP contribution < -0.4 is 5.32 Å². The van der Waals surface area contributed by atoms with Gasteiger partial charge < -0.3 is 19.5 Å². The fraction of sp³-hybridized carbons (Fsp3) is 0.750. The second kappa shape index (κ2) is 7.51. The first-order valence-corrected chi connectivity index (χ1v) is 7.95. The van der Waals surface area contributed by atoms with E-state index in [-0.39, 0.29) is 17.7 Å². The van der Waals surface area contributed by atoms with E-state index in [4.69, 9.17) is 14.2 Å². The van der Waals surface area contributed by atoms with E-state index in [9.17, 15) is 9.59 Å². The molecule has 0 unspecified atom stereocenters. The predicted octanol–water partition coefficient (Wildman–Crippen LogP) is 1.75. The van der Waals surface area contributed by atoms with Crippen LogP contribution in [0.3, 0.4) is 0 Å². The zero-order chi connectivity index (χ0) is 16.1. The second-order valence-corrected chi connectivity index (χ2v) is 6.13. The van der Waals surface area contributed by atoms with E-state index in [1.54, 1.807) is 6.92 Å². The molecule has 0 spiro atoms. The Balaban J connectivity index is 1.84. The summed E-state index contributed by atoms with van der Waals surface area (Å²) < 4.78 is 15.3. The first kappa shape index (κ1) is 16.6. The fourth-order valence-corrected chi connectivity index (χ4v) is 2.83. The summed E-state index contributed by atoms with van der Waals surface area (Å²) in [6.07, 6.45) is 3.65. The average molecular weight is 311 g/mol. The van der Waals surface area contributed by atoms with Crippen LogP contribution >= 0.6 is 0 Å². The standard InChI is InChI=1S/C16H25NO5/c1-10-5-4-6-13(11(10)2)17-15(18)12(3)22-16(19)14-9-20-7-8-21-14/h9-13H,4-8H2,1-3H3,(H,17,18)/t10-,11+,12+,13+/m0/s1. The van der Waals surface area contributed by atoms with E-state index in [1.807, 2.05) is 0 Å². The number of carbonyl (C=O) groups is 2. The molecule has 1 heterocycles. The first-order chi connectivity index (χ1) is 10.5. The van der Waals surface area contributed by atoms with Crippen molar-refractivity contribution in [1.82, 2.24) is 5.32 Å². The molecule has 0 aromatic rings. The van der Waals surface area contributed by atoms with E-state index in [0.717, 1.165) is 12.8 Å². The average Bonchev–Trinajstić information content (AvgIpc) is 2.52. The molecule has 1 amide bonds. The van der Waals surface area contributed by atoms with E-state index >= 15 is 0 Å². The third-order valence-corrected chi connectivity index (χ3v) is 4.54. The monoisotopic (exact) mass is 311 g/mol. The zero-order valence-corrected chi connectivity index (χ0v) is 13.5. The lowest BCUT2D eigenvalue weighted by Gasteiger charge is -2.35. The van der Waals surface area contributed by atoms with Crippen molar-refractivity contribution in [3.05, 3.63) is 12.0 Å². The summed E-state index contributed by atoms with van der Waals surface area (Å²) in [5.74, 6) is 0.0860. The lowest BCUT2D eigenvalue weighted by Crippen LogP contribution is -2.47. The number of hydrogen-bond donors (Lipinski definition) is 1. The minimum absolute atomic E-state index is 0.00515. The number of nitrogens with one attached hydrogen (secondary N) is 1. The summed E-state index contributed by atoms with van der Waals surface area (Å²) in [4.78, 5) is 24.0. The molecule has 1 aliphatic carbocycles. The van der Waals surface area contributed by atoms with Gasteiger partial charge in [-0.05, 0) is 25.2 Å². The minimum atomic E-state index is -0.858. The predicted molar refractivity (Wildman–Crippen MR) is 79.7 cm³/mol. The normalized spacial score (nSPS) is 29.4. The number of carbonyl (C=O) groups excluding carboxylic acids is 2. The molecule has 1 aliphatic heterocycles. The quantitative estimate of drug-likeness (QED) is 0.801. The van der Waals surface area contributed by atoms with Gasteiger partial charge in [0.2, 0.25) is 5.76 Å². The van der Waals surface area contributed by atoms with Gasteiger partial charge >= 0.3 is 5.97 Å². The number of amides is 1. The third kappa shape index (κ3) is 4.15. The maximum absolute atomic E-state index is 12.2. The highest BCUT2D eigenvalue weighted by atomic mass is 16.6. The van der Waals surface area contributed by atoms with Crippen molar-refractivity contribution in [3.8, 4) is 0 Å². The molecule has 2 aliphatic rings.